The van der Waals surface area contributed by atoms with E-state index in [-0.39, 0.29) is 11.2 Å². The average molecular weight is 380 g/mol. The van der Waals surface area contributed by atoms with Crippen LogP contribution in [0.1, 0.15) is 13.3 Å². The minimum absolute atomic E-state index is 0.00563. The van der Waals surface area contributed by atoms with Crippen molar-refractivity contribution in [2.45, 2.75) is 23.5 Å². The van der Waals surface area contributed by atoms with E-state index in [1.165, 1.54) is 11.8 Å². The lowest BCUT2D eigenvalue weighted by molar-refractivity contribution is -0.120. The lowest BCUT2D eigenvalue weighted by Gasteiger charge is -2.15. The number of hydrogen-bond donors (Lipinski definition) is 1. The number of methoxy groups -OCH3 is 1. The molecule has 1 atom stereocenters. The van der Waals surface area contributed by atoms with Crippen molar-refractivity contribution in [1.82, 2.24) is 5.32 Å². The van der Waals surface area contributed by atoms with E-state index < -0.39 is 0 Å². The minimum Gasteiger partial charge on any atom is -0.493 e. The molecule has 0 aromatic heterocycles. The van der Waals surface area contributed by atoms with Crippen LogP contribution in [-0.2, 0) is 4.79 Å². The summed E-state index contributed by atoms with van der Waals surface area (Å²) in [5, 5.41) is 3.47. The number of thioether (sulfide) groups is 1. The van der Waals surface area contributed by atoms with E-state index in [0.717, 1.165) is 11.3 Å². The van der Waals surface area contributed by atoms with Crippen molar-refractivity contribution in [2.75, 3.05) is 20.3 Å². The summed E-state index contributed by atoms with van der Waals surface area (Å²) in [6.45, 7) is 2.82. The third-order valence-electron chi connectivity index (χ3n) is 3.48. The van der Waals surface area contributed by atoms with Gasteiger partial charge in [-0.05, 0) is 42.8 Å². The number of para-hydroxylation sites is 2. The van der Waals surface area contributed by atoms with Crippen molar-refractivity contribution in [3.05, 3.63) is 53.6 Å². The molecule has 0 saturated carbocycles. The number of carbonyl (C=O) groups is 1. The molecule has 2 rings (SSSR count). The van der Waals surface area contributed by atoms with E-state index in [0.29, 0.717) is 29.7 Å². The van der Waals surface area contributed by atoms with E-state index in [2.05, 4.69) is 5.32 Å². The highest BCUT2D eigenvalue weighted by atomic mass is 35.5. The average Bonchev–Trinajstić information content (AvgIpc) is 2.64. The van der Waals surface area contributed by atoms with Crippen molar-refractivity contribution < 1.29 is 14.3 Å². The van der Waals surface area contributed by atoms with Gasteiger partial charge in [0.1, 0.15) is 6.61 Å². The quantitative estimate of drug-likeness (QED) is 0.517. The van der Waals surface area contributed by atoms with Crippen LogP contribution < -0.4 is 14.8 Å². The van der Waals surface area contributed by atoms with Gasteiger partial charge in [-0.2, -0.15) is 0 Å². The van der Waals surface area contributed by atoms with Crippen LogP contribution in [0.2, 0.25) is 5.02 Å². The molecule has 134 valence electrons. The number of nitrogens with one attached hydrogen (secondary N) is 1. The molecule has 1 N–H and O–H groups in total. The zero-order chi connectivity index (χ0) is 18.1. The highest BCUT2D eigenvalue weighted by Gasteiger charge is 2.17. The Balaban J connectivity index is 1.78. The fourth-order valence-corrected chi connectivity index (χ4v) is 3.29. The van der Waals surface area contributed by atoms with Gasteiger partial charge in [-0.15, -0.1) is 11.8 Å². The summed E-state index contributed by atoms with van der Waals surface area (Å²) in [5.41, 5.74) is 0. The Kier molecular flexibility index (Phi) is 7.95. The van der Waals surface area contributed by atoms with Gasteiger partial charge < -0.3 is 14.8 Å². The zero-order valence-electron chi connectivity index (χ0n) is 14.3. The van der Waals surface area contributed by atoms with E-state index >= 15 is 0 Å². The molecule has 4 nitrogen and oxygen atoms in total. The zero-order valence-corrected chi connectivity index (χ0v) is 15.9. The van der Waals surface area contributed by atoms with Gasteiger partial charge in [0.2, 0.25) is 5.91 Å². The van der Waals surface area contributed by atoms with E-state index in [9.17, 15) is 4.79 Å². The second-order valence-electron chi connectivity index (χ2n) is 5.26. The SMILES string of the molecule is CCC(Sc1ccc(Cl)cc1)C(=O)NCCOc1ccccc1OC. The molecular weight excluding hydrogens is 358 g/mol. The fraction of sp³-hybridized carbons (Fsp3) is 0.316. The Hall–Kier alpha value is -1.85. The van der Waals surface area contributed by atoms with E-state index in [1.54, 1.807) is 7.11 Å². The number of rotatable bonds is 9. The number of benzene rings is 2. The molecule has 0 bridgehead atoms. The third-order valence-corrected chi connectivity index (χ3v) is 5.11. The van der Waals surface area contributed by atoms with Crippen LogP contribution in [0.3, 0.4) is 0 Å². The maximum atomic E-state index is 12.3. The topological polar surface area (TPSA) is 47.6 Å². The van der Waals surface area contributed by atoms with E-state index in [4.69, 9.17) is 21.1 Å². The monoisotopic (exact) mass is 379 g/mol. The van der Waals surface area contributed by atoms with Gasteiger partial charge in [0.15, 0.2) is 11.5 Å². The largest absolute Gasteiger partial charge is 0.493 e. The van der Waals surface area contributed by atoms with Gasteiger partial charge in [-0.3, -0.25) is 4.79 Å². The third kappa shape index (κ3) is 6.18. The highest BCUT2D eigenvalue weighted by Crippen LogP contribution is 2.27. The molecule has 0 aliphatic rings. The Morgan fingerprint density at radius 2 is 1.84 bits per heavy atom. The standard InChI is InChI=1S/C19H22ClNO3S/c1-3-18(25-15-10-8-14(20)9-11-15)19(22)21-12-13-24-17-7-5-4-6-16(17)23-2/h4-11,18H,3,12-13H2,1-2H3,(H,21,22). The molecule has 2 aromatic carbocycles. The van der Waals surface area contributed by atoms with Gasteiger partial charge >= 0.3 is 0 Å². The van der Waals surface area contributed by atoms with Gasteiger partial charge in [-0.25, -0.2) is 0 Å². The Bertz CT molecular complexity index is 679. The molecule has 0 spiro atoms. The summed E-state index contributed by atoms with van der Waals surface area (Å²) in [6, 6.07) is 14.9. The van der Waals surface area contributed by atoms with Crippen molar-refractivity contribution in [2.24, 2.45) is 0 Å². The summed E-state index contributed by atoms with van der Waals surface area (Å²) >= 11 is 7.42. The molecule has 6 heteroatoms. The molecule has 1 amide bonds. The first-order valence-electron chi connectivity index (χ1n) is 8.09. The second-order valence-corrected chi connectivity index (χ2v) is 6.97. The molecule has 1 unspecified atom stereocenters. The number of carbonyl (C=O) groups excluding carboxylic acids is 1. The van der Waals surface area contributed by atoms with Gasteiger partial charge in [0.25, 0.3) is 0 Å². The summed E-state index contributed by atoms with van der Waals surface area (Å²) < 4.78 is 10.9. The molecule has 0 aliphatic carbocycles. The van der Waals surface area contributed by atoms with Crippen molar-refractivity contribution in [3.63, 3.8) is 0 Å². The van der Waals surface area contributed by atoms with Crippen LogP contribution in [0.4, 0.5) is 0 Å². The smallest absolute Gasteiger partial charge is 0.233 e. The molecular formula is C19H22ClNO3S. The van der Waals surface area contributed by atoms with Gasteiger partial charge in [0, 0.05) is 9.92 Å². The van der Waals surface area contributed by atoms with Gasteiger partial charge in [-0.1, -0.05) is 30.7 Å². The first-order chi connectivity index (χ1) is 12.1. The normalized spacial score (nSPS) is 11.6. The number of halogens is 1. The fourth-order valence-electron chi connectivity index (χ4n) is 2.19. The van der Waals surface area contributed by atoms with Crippen LogP contribution in [0, 0.1) is 0 Å². The summed E-state index contributed by atoms with van der Waals surface area (Å²) in [7, 11) is 1.60. The van der Waals surface area contributed by atoms with Crippen LogP contribution in [0.25, 0.3) is 0 Å². The first-order valence-corrected chi connectivity index (χ1v) is 9.35. The van der Waals surface area contributed by atoms with Crippen LogP contribution >= 0.6 is 23.4 Å². The second kappa shape index (κ2) is 10.2. The molecule has 25 heavy (non-hydrogen) atoms. The highest BCUT2D eigenvalue weighted by molar-refractivity contribution is 8.00. The molecule has 0 fully saturated rings. The lowest BCUT2D eigenvalue weighted by atomic mass is 10.3. The predicted molar refractivity (Wildman–Crippen MR) is 103 cm³/mol. The van der Waals surface area contributed by atoms with Crippen molar-refractivity contribution in [3.8, 4) is 11.5 Å². The number of amides is 1. The maximum absolute atomic E-state index is 12.3. The Morgan fingerprint density at radius 1 is 1.16 bits per heavy atom. The first kappa shape index (κ1) is 19.5. The van der Waals surface area contributed by atoms with Crippen LogP contribution in [0.15, 0.2) is 53.4 Å². The molecule has 2 aromatic rings. The molecule has 0 aliphatic heterocycles. The van der Waals surface area contributed by atoms with Gasteiger partial charge in [0.05, 0.1) is 18.9 Å². The van der Waals surface area contributed by atoms with Crippen molar-refractivity contribution >= 4 is 29.3 Å². The minimum atomic E-state index is -0.146. The Labute approximate surface area is 157 Å². The van der Waals surface area contributed by atoms with Crippen LogP contribution in [-0.4, -0.2) is 31.4 Å². The maximum Gasteiger partial charge on any atom is 0.233 e. The number of ether oxygens (including phenoxy) is 2. The summed E-state index contributed by atoms with van der Waals surface area (Å²) in [4.78, 5) is 13.4. The molecule has 0 radical (unpaired) electrons. The summed E-state index contributed by atoms with van der Waals surface area (Å²) in [5.74, 6) is 1.35. The number of hydrogen-bond acceptors (Lipinski definition) is 4. The lowest BCUT2D eigenvalue weighted by Crippen LogP contribution is -2.35. The summed E-state index contributed by atoms with van der Waals surface area (Å²) in [6.07, 6.45) is 0.743. The van der Waals surface area contributed by atoms with Crippen LogP contribution in [0.5, 0.6) is 11.5 Å². The molecule has 0 saturated heterocycles. The molecule has 0 heterocycles. The predicted octanol–water partition coefficient (Wildman–Crippen LogP) is 4.41. The van der Waals surface area contributed by atoms with E-state index in [1.807, 2.05) is 55.5 Å². The Morgan fingerprint density at radius 3 is 2.48 bits per heavy atom. The van der Waals surface area contributed by atoms with Crippen molar-refractivity contribution in [1.29, 1.82) is 0 Å².